The molecule has 5 nitrogen and oxygen atoms in total. The van der Waals surface area contributed by atoms with Crippen molar-refractivity contribution in [1.29, 1.82) is 0 Å². The normalized spacial score (nSPS) is 11.9. The van der Waals surface area contributed by atoms with Crippen LogP contribution >= 0.6 is 0 Å². The van der Waals surface area contributed by atoms with Crippen LogP contribution in [-0.2, 0) is 16.6 Å². The van der Waals surface area contributed by atoms with E-state index in [1.54, 1.807) is 6.07 Å². The number of hydrogen-bond acceptors (Lipinski definition) is 3. The van der Waals surface area contributed by atoms with E-state index >= 15 is 0 Å². The van der Waals surface area contributed by atoms with E-state index in [1.807, 2.05) is 6.92 Å². The van der Waals surface area contributed by atoms with Crippen molar-refractivity contribution in [3.05, 3.63) is 18.0 Å². The number of aromatic amines is 1. The highest BCUT2D eigenvalue weighted by molar-refractivity contribution is 7.89. The van der Waals surface area contributed by atoms with Crippen molar-refractivity contribution in [2.75, 3.05) is 6.54 Å². The van der Waals surface area contributed by atoms with Crippen molar-refractivity contribution in [3.8, 4) is 0 Å². The van der Waals surface area contributed by atoms with Crippen molar-refractivity contribution >= 4 is 10.0 Å². The smallest absolute Gasteiger partial charge is 0.242 e. The van der Waals surface area contributed by atoms with Gasteiger partial charge in [-0.3, -0.25) is 0 Å². The van der Waals surface area contributed by atoms with Crippen molar-refractivity contribution in [2.45, 2.75) is 31.2 Å². The Hall–Kier alpha value is -0.850. The molecule has 0 aliphatic heterocycles. The quantitative estimate of drug-likeness (QED) is 0.625. The van der Waals surface area contributed by atoms with Gasteiger partial charge in [-0.2, -0.15) is 0 Å². The fourth-order valence-corrected chi connectivity index (χ4v) is 2.25. The second kappa shape index (κ2) is 5.29. The fourth-order valence-electron chi connectivity index (χ4n) is 1.16. The first-order chi connectivity index (χ1) is 7.10. The average Bonchev–Trinajstić information content (AvgIpc) is 2.66. The molecule has 0 aromatic carbocycles. The molecule has 0 fully saturated rings. The standard InChI is InChI=1S/C9H17N3O2S/c1-2-3-4-12-15(13,14)9-5-8(6-10)11-7-9/h5,7,11-12H,2-4,6,10H2,1H3. The van der Waals surface area contributed by atoms with Gasteiger partial charge >= 0.3 is 0 Å². The van der Waals surface area contributed by atoms with Gasteiger partial charge in [0.25, 0.3) is 0 Å². The summed E-state index contributed by atoms with van der Waals surface area (Å²) >= 11 is 0. The minimum atomic E-state index is -3.36. The summed E-state index contributed by atoms with van der Waals surface area (Å²) in [6.45, 7) is 2.80. The molecule has 0 unspecified atom stereocenters. The molecule has 1 aromatic heterocycles. The summed E-state index contributed by atoms with van der Waals surface area (Å²) in [5.41, 5.74) is 6.10. The van der Waals surface area contributed by atoms with Crippen LogP contribution in [0.25, 0.3) is 0 Å². The molecular weight excluding hydrogens is 214 g/mol. The molecule has 0 bridgehead atoms. The maximum atomic E-state index is 11.7. The maximum absolute atomic E-state index is 11.7. The second-order valence-corrected chi connectivity index (χ2v) is 5.08. The predicted octanol–water partition coefficient (Wildman–Crippen LogP) is 0.552. The molecule has 15 heavy (non-hydrogen) atoms. The number of rotatable bonds is 6. The molecular formula is C9H17N3O2S. The van der Waals surface area contributed by atoms with Crippen LogP contribution in [0.4, 0.5) is 0 Å². The second-order valence-electron chi connectivity index (χ2n) is 3.32. The van der Waals surface area contributed by atoms with Crippen LogP contribution in [0.1, 0.15) is 25.5 Å². The molecule has 0 saturated carbocycles. The molecule has 1 heterocycles. The lowest BCUT2D eigenvalue weighted by Gasteiger charge is -2.02. The summed E-state index contributed by atoms with van der Waals surface area (Å²) in [6, 6.07) is 1.55. The highest BCUT2D eigenvalue weighted by Gasteiger charge is 2.14. The van der Waals surface area contributed by atoms with Gasteiger partial charge in [-0.15, -0.1) is 0 Å². The van der Waals surface area contributed by atoms with Crippen molar-refractivity contribution < 1.29 is 8.42 Å². The first kappa shape index (κ1) is 12.2. The zero-order valence-electron chi connectivity index (χ0n) is 8.79. The molecule has 0 amide bonds. The summed E-state index contributed by atoms with van der Waals surface area (Å²) in [5.74, 6) is 0. The Morgan fingerprint density at radius 2 is 2.27 bits per heavy atom. The van der Waals surface area contributed by atoms with Gasteiger partial charge in [0.15, 0.2) is 0 Å². The van der Waals surface area contributed by atoms with E-state index in [-0.39, 0.29) is 4.90 Å². The van der Waals surface area contributed by atoms with Crippen LogP contribution in [0.2, 0.25) is 0 Å². The average molecular weight is 231 g/mol. The molecule has 86 valence electrons. The fraction of sp³-hybridized carbons (Fsp3) is 0.556. The monoisotopic (exact) mass is 231 g/mol. The Bertz CT molecular complexity index is 397. The van der Waals surface area contributed by atoms with Crippen LogP contribution in [0, 0.1) is 0 Å². The third-order valence-corrected chi connectivity index (χ3v) is 3.51. The van der Waals surface area contributed by atoms with Gasteiger partial charge in [-0.25, -0.2) is 13.1 Å². The zero-order valence-corrected chi connectivity index (χ0v) is 9.60. The van der Waals surface area contributed by atoms with Crippen LogP contribution in [0.3, 0.4) is 0 Å². The Morgan fingerprint density at radius 3 is 2.80 bits per heavy atom. The number of unbranched alkanes of at least 4 members (excludes halogenated alkanes) is 1. The van der Waals surface area contributed by atoms with E-state index < -0.39 is 10.0 Å². The summed E-state index contributed by atoms with van der Waals surface area (Å²) in [4.78, 5) is 3.06. The molecule has 6 heteroatoms. The summed E-state index contributed by atoms with van der Waals surface area (Å²) in [5, 5.41) is 0. The number of hydrogen-bond donors (Lipinski definition) is 3. The zero-order chi connectivity index (χ0) is 11.3. The molecule has 0 saturated heterocycles. The molecule has 1 rings (SSSR count). The molecule has 0 aliphatic carbocycles. The summed E-state index contributed by atoms with van der Waals surface area (Å²) in [7, 11) is -3.36. The van der Waals surface area contributed by atoms with Gasteiger partial charge in [0.05, 0.1) is 4.90 Å². The van der Waals surface area contributed by atoms with Gasteiger partial charge < -0.3 is 10.7 Å². The maximum Gasteiger partial charge on any atom is 0.242 e. The molecule has 0 spiro atoms. The van der Waals surface area contributed by atoms with Crippen molar-refractivity contribution in [1.82, 2.24) is 9.71 Å². The van der Waals surface area contributed by atoms with E-state index in [0.717, 1.165) is 12.8 Å². The number of nitrogens with two attached hydrogens (primary N) is 1. The Kier molecular flexibility index (Phi) is 4.31. The van der Waals surface area contributed by atoms with Gasteiger partial charge in [0, 0.05) is 25.0 Å². The third kappa shape index (κ3) is 3.33. The number of H-pyrrole nitrogens is 1. The number of aromatic nitrogens is 1. The lowest BCUT2D eigenvalue weighted by Crippen LogP contribution is -2.24. The molecule has 0 atom stereocenters. The van der Waals surface area contributed by atoms with Gasteiger partial charge in [-0.1, -0.05) is 13.3 Å². The Labute approximate surface area is 90.1 Å². The highest BCUT2D eigenvalue weighted by Crippen LogP contribution is 2.09. The topological polar surface area (TPSA) is 88.0 Å². The van der Waals surface area contributed by atoms with E-state index in [1.165, 1.54) is 6.20 Å². The molecule has 4 N–H and O–H groups in total. The van der Waals surface area contributed by atoms with E-state index in [0.29, 0.717) is 18.8 Å². The first-order valence-electron chi connectivity index (χ1n) is 4.97. The van der Waals surface area contributed by atoms with Crippen LogP contribution in [0.5, 0.6) is 0 Å². The minimum Gasteiger partial charge on any atom is -0.363 e. The molecule has 0 aliphatic rings. The van der Waals surface area contributed by atoms with Crippen molar-refractivity contribution in [3.63, 3.8) is 0 Å². The molecule has 0 radical (unpaired) electrons. The van der Waals surface area contributed by atoms with Crippen LogP contribution in [0.15, 0.2) is 17.2 Å². The number of sulfonamides is 1. The highest BCUT2D eigenvalue weighted by atomic mass is 32.2. The van der Waals surface area contributed by atoms with E-state index in [2.05, 4.69) is 9.71 Å². The summed E-state index contributed by atoms with van der Waals surface area (Å²) < 4.78 is 25.9. The van der Waals surface area contributed by atoms with E-state index in [4.69, 9.17) is 5.73 Å². The Balaban J connectivity index is 2.68. The minimum absolute atomic E-state index is 0.249. The van der Waals surface area contributed by atoms with Crippen LogP contribution < -0.4 is 10.5 Å². The SMILES string of the molecule is CCCCNS(=O)(=O)c1c[nH]c(CN)c1. The lowest BCUT2D eigenvalue weighted by molar-refractivity contribution is 0.578. The molecule has 1 aromatic rings. The van der Waals surface area contributed by atoms with Gasteiger partial charge in [0.1, 0.15) is 0 Å². The van der Waals surface area contributed by atoms with E-state index in [9.17, 15) is 8.42 Å². The van der Waals surface area contributed by atoms with Crippen LogP contribution in [-0.4, -0.2) is 19.9 Å². The first-order valence-corrected chi connectivity index (χ1v) is 6.45. The van der Waals surface area contributed by atoms with Gasteiger partial charge in [0.2, 0.25) is 10.0 Å². The van der Waals surface area contributed by atoms with Gasteiger partial charge in [-0.05, 0) is 12.5 Å². The summed E-state index contributed by atoms with van der Waals surface area (Å²) in [6.07, 6.45) is 3.26. The largest absolute Gasteiger partial charge is 0.363 e. The van der Waals surface area contributed by atoms with Crippen molar-refractivity contribution in [2.24, 2.45) is 5.73 Å². The third-order valence-electron chi connectivity index (χ3n) is 2.07. The predicted molar refractivity (Wildman–Crippen MR) is 58.8 cm³/mol. The Morgan fingerprint density at radius 1 is 1.53 bits per heavy atom. The number of nitrogens with one attached hydrogen (secondary N) is 2. The lowest BCUT2D eigenvalue weighted by atomic mass is 10.3.